The van der Waals surface area contributed by atoms with Crippen molar-refractivity contribution in [1.82, 2.24) is 10.6 Å². The fourth-order valence-electron chi connectivity index (χ4n) is 3.43. The van der Waals surface area contributed by atoms with Crippen molar-refractivity contribution < 1.29 is 9.47 Å². The lowest BCUT2D eigenvalue weighted by molar-refractivity contribution is 0.354. The van der Waals surface area contributed by atoms with Crippen molar-refractivity contribution in [3.8, 4) is 11.5 Å². The van der Waals surface area contributed by atoms with E-state index in [0.29, 0.717) is 5.92 Å². The molecule has 0 saturated carbocycles. The standard InChI is InChI=1S/C22H29N3O2.HI/c1-4-23-22(25-15-18-14-17-7-5-6-8-19(17)18)24-12-11-16-9-10-20(26-2)21(13-16)27-3;/h5-10,13,18H,4,11-12,14-15H2,1-3H3,(H2,23,24,25);1H. The highest BCUT2D eigenvalue weighted by Gasteiger charge is 2.24. The van der Waals surface area contributed by atoms with Crippen LogP contribution in [0, 0.1) is 0 Å². The molecule has 0 fully saturated rings. The lowest BCUT2D eigenvalue weighted by atomic mass is 9.78. The van der Waals surface area contributed by atoms with Crippen LogP contribution in [0.25, 0.3) is 0 Å². The highest BCUT2D eigenvalue weighted by atomic mass is 127. The summed E-state index contributed by atoms with van der Waals surface area (Å²) >= 11 is 0. The highest BCUT2D eigenvalue weighted by Crippen LogP contribution is 2.34. The third kappa shape index (κ3) is 5.53. The first-order valence-corrected chi connectivity index (χ1v) is 9.56. The Morgan fingerprint density at radius 3 is 2.57 bits per heavy atom. The van der Waals surface area contributed by atoms with Gasteiger partial charge in [-0.25, -0.2) is 0 Å². The van der Waals surface area contributed by atoms with E-state index in [-0.39, 0.29) is 24.0 Å². The fraction of sp³-hybridized carbons (Fsp3) is 0.409. The minimum Gasteiger partial charge on any atom is -0.493 e. The van der Waals surface area contributed by atoms with Gasteiger partial charge >= 0.3 is 0 Å². The summed E-state index contributed by atoms with van der Waals surface area (Å²) in [5.41, 5.74) is 4.11. The quantitative estimate of drug-likeness (QED) is 0.333. The van der Waals surface area contributed by atoms with Crippen LogP contribution in [0.5, 0.6) is 11.5 Å². The van der Waals surface area contributed by atoms with Crippen LogP contribution in [-0.2, 0) is 12.8 Å². The zero-order valence-corrected chi connectivity index (χ0v) is 19.2. The Morgan fingerprint density at radius 1 is 1.07 bits per heavy atom. The maximum absolute atomic E-state index is 5.37. The van der Waals surface area contributed by atoms with E-state index in [1.807, 2.05) is 12.1 Å². The van der Waals surface area contributed by atoms with Crippen LogP contribution in [0.2, 0.25) is 0 Å². The molecule has 2 aromatic carbocycles. The van der Waals surface area contributed by atoms with Crippen LogP contribution < -0.4 is 20.1 Å². The Kier molecular flexibility index (Phi) is 8.89. The summed E-state index contributed by atoms with van der Waals surface area (Å²) in [6, 6.07) is 14.7. The molecule has 0 bridgehead atoms. The third-order valence-electron chi connectivity index (χ3n) is 4.93. The average molecular weight is 495 g/mol. The number of halogens is 1. The molecule has 28 heavy (non-hydrogen) atoms. The number of fused-ring (bicyclic) bond motifs is 1. The lowest BCUT2D eigenvalue weighted by Gasteiger charge is -2.29. The summed E-state index contributed by atoms with van der Waals surface area (Å²) < 4.78 is 10.7. The molecule has 1 aliphatic rings. The predicted molar refractivity (Wildman–Crippen MR) is 126 cm³/mol. The Morgan fingerprint density at radius 2 is 1.86 bits per heavy atom. The second kappa shape index (κ2) is 11.1. The van der Waals surface area contributed by atoms with Crippen molar-refractivity contribution in [2.45, 2.75) is 25.7 Å². The number of nitrogens with zero attached hydrogens (tertiary/aromatic N) is 1. The van der Waals surface area contributed by atoms with Gasteiger partial charge in [0, 0.05) is 25.6 Å². The Balaban J connectivity index is 0.00000280. The summed E-state index contributed by atoms with van der Waals surface area (Å²) in [6.07, 6.45) is 2.02. The third-order valence-corrected chi connectivity index (χ3v) is 4.93. The first-order chi connectivity index (χ1) is 13.2. The van der Waals surface area contributed by atoms with Crippen LogP contribution >= 0.6 is 24.0 Å². The molecule has 1 atom stereocenters. The van der Waals surface area contributed by atoms with Crippen molar-refractivity contribution >= 4 is 29.9 Å². The molecule has 0 saturated heterocycles. The molecule has 0 spiro atoms. The summed E-state index contributed by atoms with van der Waals surface area (Å²) in [6.45, 7) is 4.57. The van der Waals surface area contributed by atoms with E-state index in [4.69, 9.17) is 14.5 Å². The molecule has 0 aliphatic heterocycles. The molecule has 2 N–H and O–H groups in total. The molecular formula is C22H30IN3O2. The van der Waals surface area contributed by atoms with E-state index in [1.54, 1.807) is 14.2 Å². The second-order valence-electron chi connectivity index (χ2n) is 6.69. The number of ether oxygens (including phenoxy) is 2. The molecule has 0 amide bonds. The minimum atomic E-state index is 0. The number of rotatable bonds is 8. The van der Waals surface area contributed by atoms with Gasteiger partial charge < -0.3 is 20.1 Å². The van der Waals surface area contributed by atoms with Crippen molar-refractivity contribution in [3.05, 3.63) is 59.2 Å². The molecule has 152 valence electrons. The maximum Gasteiger partial charge on any atom is 0.191 e. The van der Waals surface area contributed by atoms with E-state index in [2.05, 4.69) is 47.9 Å². The number of guanidine groups is 1. The smallest absolute Gasteiger partial charge is 0.191 e. The van der Waals surface area contributed by atoms with Crippen LogP contribution in [-0.4, -0.2) is 39.8 Å². The zero-order chi connectivity index (χ0) is 19.1. The molecule has 6 heteroatoms. The van der Waals surface area contributed by atoms with Gasteiger partial charge in [0.1, 0.15) is 0 Å². The highest BCUT2D eigenvalue weighted by molar-refractivity contribution is 14.0. The maximum atomic E-state index is 5.37. The molecule has 0 radical (unpaired) electrons. The van der Waals surface area contributed by atoms with E-state index in [9.17, 15) is 0 Å². The topological polar surface area (TPSA) is 54.9 Å². The van der Waals surface area contributed by atoms with E-state index >= 15 is 0 Å². The van der Waals surface area contributed by atoms with Crippen LogP contribution in [0.4, 0.5) is 0 Å². The van der Waals surface area contributed by atoms with Crippen molar-refractivity contribution in [2.75, 3.05) is 33.9 Å². The summed E-state index contributed by atoms with van der Waals surface area (Å²) in [5, 5.41) is 6.76. The van der Waals surface area contributed by atoms with Gasteiger partial charge in [0.05, 0.1) is 14.2 Å². The Bertz CT molecular complexity index is 795. The number of hydrogen-bond donors (Lipinski definition) is 2. The normalized spacial score (nSPS) is 15.0. The largest absolute Gasteiger partial charge is 0.493 e. The summed E-state index contributed by atoms with van der Waals surface area (Å²) in [4.78, 5) is 4.78. The van der Waals surface area contributed by atoms with Gasteiger partial charge in [-0.1, -0.05) is 30.3 Å². The predicted octanol–water partition coefficient (Wildman–Crippen LogP) is 3.76. The minimum absolute atomic E-state index is 0. The molecule has 1 aliphatic carbocycles. The SMILES string of the molecule is CCNC(=NCC1Cc2ccccc21)NCCc1ccc(OC)c(OC)c1.I. The van der Waals surface area contributed by atoms with Crippen LogP contribution in [0.3, 0.4) is 0 Å². The van der Waals surface area contributed by atoms with E-state index < -0.39 is 0 Å². The number of aliphatic imine (C=N–C) groups is 1. The average Bonchev–Trinajstić information content (AvgIpc) is 2.68. The Hall–Kier alpha value is -1.96. The zero-order valence-electron chi connectivity index (χ0n) is 16.8. The molecule has 0 aromatic heterocycles. The van der Waals surface area contributed by atoms with Crippen molar-refractivity contribution in [1.29, 1.82) is 0 Å². The van der Waals surface area contributed by atoms with Crippen LogP contribution in [0.1, 0.15) is 29.5 Å². The molecule has 2 aromatic rings. The van der Waals surface area contributed by atoms with Gasteiger partial charge in [-0.3, -0.25) is 4.99 Å². The molecule has 0 heterocycles. The van der Waals surface area contributed by atoms with E-state index in [0.717, 1.165) is 49.9 Å². The van der Waals surface area contributed by atoms with Crippen LogP contribution in [0.15, 0.2) is 47.5 Å². The number of hydrogen-bond acceptors (Lipinski definition) is 3. The summed E-state index contributed by atoms with van der Waals surface area (Å²) in [7, 11) is 3.31. The van der Waals surface area contributed by atoms with Gasteiger partial charge in [-0.2, -0.15) is 0 Å². The number of methoxy groups -OCH3 is 2. The molecule has 3 rings (SSSR count). The van der Waals surface area contributed by atoms with Gasteiger partial charge in [0.2, 0.25) is 0 Å². The van der Waals surface area contributed by atoms with Gasteiger partial charge in [-0.15, -0.1) is 24.0 Å². The first-order valence-electron chi connectivity index (χ1n) is 9.56. The Labute approximate surface area is 184 Å². The van der Waals surface area contributed by atoms with E-state index in [1.165, 1.54) is 16.7 Å². The summed E-state index contributed by atoms with van der Waals surface area (Å²) in [5.74, 6) is 2.94. The molecular weight excluding hydrogens is 465 g/mol. The monoisotopic (exact) mass is 495 g/mol. The van der Waals surface area contributed by atoms with Gasteiger partial charge in [0.15, 0.2) is 17.5 Å². The first kappa shape index (κ1) is 22.3. The second-order valence-corrected chi connectivity index (χ2v) is 6.69. The lowest BCUT2D eigenvalue weighted by Crippen LogP contribution is -2.39. The fourth-order valence-corrected chi connectivity index (χ4v) is 3.43. The van der Waals surface area contributed by atoms with Gasteiger partial charge in [-0.05, 0) is 48.6 Å². The van der Waals surface area contributed by atoms with Crippen molar-refractivity contribution in [3.63, 3.8) is 0 Å². The van der Waals surface area contributed by atoms with Gasteiger partial charge in [0.25, 0.3) is 0 Å². The number of nitrogens with one attached hydrogen (secondary N) is 2. The molecule has 5 nitrogen and oxygen atoms in total. The molecule has 1 unspecified atom stereocenters. The number of benzene rings is 2. The van der Waals surface area contributed by atoms with Crippen molar-refractivity contribution in [2.24, 2.45) is 4.99 Å².